The van der Waals surface area contributed by atoms with Crippen LogP contribution >= 0.6 is 0 Å². The molecule has 1 rings (SSSR count). The van der Waals surface area contributed by atoms with Crippen molar-refractivity contribution >= 4 is 5.97 Å². The summed E-state index contributed by atoms with van der Waals surface area (Å²) in [5.74, 6) is -0.281. The summed E-state index contributed by atoms with van der Waals surface area (Å²) in [4.78, 5) is 11.5. The van der Waals surface area contributed by atoms with Crippen molar-refractivity contribution in [2.75, 3.05) is 0 Å². The molecule has 0 heterocycles. The van der Waals surface area contributed by atoms with Gasteiger partial charge in [-0.25, -0.2) is 4.79 Å². The van der Waals surface area contributed by atoms with E-state index in [1.54, 1.807) is 39.0 Å². The van der Waals surface area contributed by atoms with Crippen LogP contribution in [0, 0.1) is 6.92 Å². The lowest BCUT2D eigenvalue weighted by Gasteiger charge is -2.10. The molecule has 0 bridgehead atoms. The highest BCUT2D eigenvalue weighted by Crippen LogP contribution is 2.20. The van der Waals surface area contributed by atoms with Crippen LogP contribution in [0.3, 0.4) is 0 Å². The largest absolute Gasteiger partial charge is 0.508 e. The molecule has 0 aliphatic rings. The van der Waals surface area contributed by atoms with Crippen LogP contribution in [0.5, 0.6) is 5.75 Å². The molecule has 3 heteroatoms. The van der Waals surface area contributed by atoms with Crippen LogP contribution in [-0.2, 0) is 4.74 Å². The lowest BCUT2D eigenvalue weighted by molar-refractivity contribution is 0.0376. The number of hydrogen-bond donors (Lipinski definition) is 1. The lowest BCUT2D eigenvalue weighted by atomic mass is 10.1. The van der Waals surface area contributed by atoms with Gasteiger partial charge >= 0.3 is 5.97 Å². The van der Waals surface area contributed by atoms with Crippen molar-refractivity contribution in [2.45, 2.75) is 26.9 Å². The van der Waals surface area contributed by atoms with Crippen molar-refractivity contribution < 1.29 is 14.6 Å². The summed E-state index contributed by atoms with van der Waals surface area (Å²) in [5.41, 5.74) is 0.969. The molecular weight excluding hydrogens is 180 g/mol. The Labute approximate surface area is 83.3 Å². The number of phenolic OH excluding ortho intramolecular Hbond substituents is 1. The summed E-state index contributed by atoms with van der Waals surface area (Å²) >= 11 is 0. The monoisotopic (exact) mass is 194 g/mol. The van der Waals surface area contributed by atoms with Gasteiger partial charge in [-0.2, -0.15) is 0 Å². The predicted molar refractivity (Wildman–Crippen MR) is 53.4 cm³/mol. The molecule has 3 nitrogen and oxygen atoms in total. The van der Waals surface area contributed by atoms with Crippen LogP contribution in [0.4, 0.5) is 0 Å². The van der Waals surface area contributed by atoms with Crippen LogP contribution in [0.25, 0.3) is 0 Å². The maximum atomic E-state index is 11.5. The van der Waals surface area contributed by atoms with Gasteiger partial charge < -0.3 is 9.84 Å². The summed E-state index contributed by atoms with van der Waals surface area (Å²) in [5, 5.41) is 9.38. The van der Waals surface area contributed by atoms with E-state index in [1.807, 2.05) is 0 Å². The van der Waals surface area contributed by atoms with Crippen molar-refractivity contribution in [1.82, 2.24) is 0 Å². The average molecular weight is 194 g/mol. The van der Waals surface area contributed by atoms with E-state index in [4.69, 9.17) is 4.74 Å². The Morgan fingerprint density at radius 2 is 2.07 bits per heavy atom. The molecule has 0 saturated carbocycles. The van der Waals surface area contributed by atoms with Crippen molar-refractivity contribution in [2.24, 2.45) is 0 Å². The van der Waals surface area contributed by atoms with Gasteiger partial charge in [0.1, 0.15) is 5.75 Å². The van der Waals surface area contributed by atoms with E-state index < -0.39 is 5.97 Å². The van der Waals surface area contributed by atoms with Crippen molar-refractivity contribution in [3.05, 3.63) is 29.3 Å². The molecule has 1 aromatic rings. The normalized spacial score (nSPS) is 10.3. The molecule has 0 fully saturated rings. The highest BCUT2D eigenvalue weighted by atomic mass is 16.5. The van der Waals surface area contributed by atoms with Gasteiger partial charge in [0.2, 0.25) is 0 Å². The second kappa shape index (κ2) is 4.13. The van der Waals surface area contributed by atoms with Crippen molar-refractivity contribution in [3.8, 4) is 5.75 Å². The number of rotatable bonds is 2. The Hall–Kier alpha value is -1.51. The van der Waals surface area contributed by atoms with E-state index in [0.29, 0.717) is 11.1 Å². The van der Waals surface area contributed by atoms with Gasteiger partial charge in [0.25, 0.3) is 0 Å². The molecule has 0 spiro atoms. The van der Waals surface area contributed by atoms with Crippen LogP contribution in [-0.4, -0.2) is 17.2 Å². The SMILES string of the molecule is Cc1c(O)cccc1C(=O)OC(C)C. The first kappa shape index (κ1) is 10.6. The zero-order valence-electron chi connectivity index (χ0n) is 8.57. The summed E-state index contributed by atoms with van der Waals surface area (Å²) < 4.78 is 5.02. The van der Waals surface area contributed by atoms with Gasteiger partial charge in [-0.1, -0.05) is 6.07 Å². The molecule has 14 heavy (non-hydrogen) atoms. The molecule has 0 aliphatic heterocycles. The summed E-state index contributed by atoms with van der Waals surface area (Å²) in [6.07, 6.45) is -0.149. The molecule has 0 saturated heterocycles. The fourth-order valence-electron chi connectivity index (χ4n) is 1.12. The third-order valence-electron chi connectivity index (χ3n) is 1.87. The second-order valence-electron chi connectivity index (χ2n) is 3.40. The fraction of sp³-hybridized carbons (Fsp3) is 0.364. The minimum Gasteiger partial charge on any atom is -0.508 e. The fourth-order valence-corrected chi connectivity index (χ4v) is 1.12. The van der Waals surface area contributed by atoms with Crippen LogP contribution in [0.1, 0.15) is 29.8 Å². The summed E-state index contributed by atoms with van der Waals surface area (Å²) in [6, 6.07) is 4.81. The van der Waals surface area contributed by atoms with Gasteiger partial charge in [-0.05, 0) is 32.9 Å². The number of hydrogen-bond acceptors (Lipinski definition) is 3. The van der Waals surface area contributed by atoms with E-state index in [-0.39, 0.29) is 11.9 Å². The Balaban J connectivity index is 2.96. The molecule has 0 amide bonds. The molecule has 0 aliphatic carbocycles. The van der Waals surface area contributed by atoms with E-state index in [1.165, 1.54) is 0 Å². The predicted octanol–water partition coefficient (Wildman–Crippen LogP) is 2.27. The van der Waals surface area contributed by atoms with E-state index >= 15 is 0 Å². The van der Waals surface area contributed by atoms with E-state index in [2.05, 4.69) is 0 Å². The third-order valence-corrected chi connectivity index (χ3v) is 1.87. The highest BCUT2D eigenvalue weighted by molar-refractivity contribution is 5.91. The van der Waals surface area contributed by atoms with Gasteiger partial charge in [-0.15, -0.1) is 0 Å². The number of esters is 1. The molecule has 0 radical (unpaired) electrons. The Kier molecular flexibility index (Phi) is 3.12. The van der Waals surface area contributed by atoms with E-state index in [0.717, 1.165) is 0 Å². The maximum absolute atomic E-state index is 11.5. The molecule has 76 valence electrons. The number of carbonyl (C=O) groups excluding carboxylic acids is 1. The highest BCUT2D eigenvalue weighted by Gasteiger charge is 2.13. The van der Waals surface area contributed by atoms with Gasteiger partial charge in [0, 0.05) is 5.56 Å². The molecular formula is C11H14O3. The number of carbonyl (C=O) groups is 1. The van der Waals surface area contributed by atoms with Crippen LogP contribution in [0.15, 0.2) is 18.2 Å². The Morgan fingerprint density at radius 1 is 1.43 bits per heavy atom. The molecule has 0 atom stereocenters. The van der Waals surface area contributed by atoms with Crippen molar-refractivity contribution in [3.63, 3.8) is 0 Å². The summed E-state index contributed by atoms with van der Waals surface area (Å²) in [7, 11) is 0. The zero-order chi connectivity index (χ0) is 10.7. The smallest absolute Gasteiger partial charge is 0.338 e. The minimum absolute atomic E-state index is 0.114. The third kappa shape index (κ3) is 2.25. The molecule has 1 aromatic carbocycles. The minimum atomic E-state index is -0.395. The molecule has 0 unspecified atom stereocenters. The number of ether oxygens (including phenoxy) is 1. The quantitative estimate of drug-likeness (QED) is 0.734. The lowest BCUT2D eigenvalue weighted by Crippen LogP contribution is -2.12. The average Bonchev–Trinajstić information content (AvgIpc) is 2.08. The first-order valence-corrected chi connectivity index (χ1v) is 4.52. The molecule has 0 aromatic heterocycles. The van der Waals surface area contributed by atoms with Gasteiger partial charge in [-0.3, -0.25) is 0 Å². The maximum Gasteiger partial charge on any atom is 0.338 e. The Morgan fingerprint density at radius 3 is 2.64 bits per heavy atom. The standard InChI is InChI=1S/C11H14O3/c1-7(2)14-11(13)9-5-4-6-10(12)8(9)3/h4-7,12H,1-3H3. The van der Waals surface area contributed by atoms with Crippen LogP contribution < -0.4 is 0 Å². The second-order valence-corrected chi connectivity index (χ2v) is 3.40. The molecule has 1 N–H and O–H groups in total. The van der Waals surface area contributed by atoms with Gasteiger partial charge in [0.15, 0.2) is 0 Å². The van der Waals surface area contributed by atoms with Crippen LogP contribution in [0.2, 0.25) is 0 Å². The Bertz CT molecular complexity index is 342. The summed E-state index contributed by atoms with van der Waals surface area (Å²) in [6.45, 7) is 5.26. The first-order valence-electron chi connectivity index (χ1n) is 4.52. The number of benzene rings is 1. The first-order chi connectivity index (χ1) is 6.52. The topological polar surface area (TPSA) is 46.5 Å². The zero-order valence-corrected chi connectivity index (χ0v) is 8.57. The van der Waals surface area contributed by atoms with Gasteiger partial charge in [0.05, 0.1) is 11.7 Å². The van der Waals surface area contributed by atoms with E-state index in [9.17, 15) is 9.90 Å². The van der Waals surface area contributed by atoms with Crippen molar-refractivity contribution in [1.29, 1.82) is 0 Å². The number of phenols is 1. The number of aromatic hydroxyl groups is 1.